The van der Waals surface area contributed by atoms with E-state index in [9.17, 15) is 4.79 Å². The van der Waals surface area contributed by atoms with Crippen LogP contribution < -0.4 is 0 Å². The lowest BCUT2D eigenvalue weighted by atomic mass is 10.2. The van der Waals surface area contributed by atoms with E-state index >= 15 is 0 Å². The summed E-state index contributed by atoms with van der Waals surface area (Å²) in [6.45, 7) is 2.07. The summed E-state index contributed by atoms with van der Waals surface area (Å²) in [5.74, 6) is -0.412. The van der Waals surface area contributed by atoms with Crippen molar-refractivity contribution >= 4 is 5.97 Å². The van der Waals surface area contributed by atoms with Gasteiger partial charge in [-0.15, -0.1) is 5.10 Å². The first-order valence-corrected chi connectivity index (χ1v) is 4.67. The lowest BCUT2D eigenvalue weighted by Gasteiger charge is -2.03. The van der Waals surface area contributed by atoms with Gasteiger partial charge >= 0.3 is 5.97 Å². The zero-order valence-electron chi connectivity index (χ0n) is 8.57. The van der Waals surface area contributed by atoms with Crippen molar-refractivity contribution in [2.45, 2.75) is 6.92 Å². The van der Waals surface area contributed by atoms with Crippen LogP contribution >= 0.6 is 0 Å². The third kappa shape index (κ3) is 2.02. The van der Waals surface area contributed by atoms with Crippen molar-refractivity contribution in [3.8, 4) is 5.69 Å². The molecule has 0 bridgehead atoms. The van der Waals surface area contributed by atoms with Crippen molar-refractivity contribution in [1.82, 2.24) is 25.2 Å². The molecule has 0 aliphatic heterocycles. The fourth-order valence-corrected chi connectivity index (χ4v) is 1.16. The fourth-order valence-electron chi connectivity index (χ4n) is 1.16. The standard InChI is InChI=1S/C9H9N5O2/c1-2-16-9(15)7-3-8(5-10-4-7)14-6-11-12-13-14/h3-6H,2H2,1H3. The van der Waals surface area contributed by atoms with E-state index in [4.69, 9.17) is 4.74 Å². The first-order chi connectivity index (χ1) is 7.81. The van der Waals surface area contributed by atoms with Gasteiger partial charge in [0.15, 0.2) is 0 Å². The Balaban J connectivity index is 2.30. The van der Waals surface area contributed by atoms with Crippen LogP contribution in [0.2, 0.25) is 0 Å². The summed E-state index contributed by atoms with van der Waals surface area (Å²) in [4.78, 5) is 15.4. The lowest BCUT2D eigenvalue weighted by molar-refractivity contribution is 0.0526. The third-order valence-electron chi connectivity index (χ3n) is 1.85. The Morgan fingerprint density at radius 1 is 1.50 bits per heavy atom. The van der Waals surface area contributed by atoms with Gasteiger partial charge in [0.1, 0.15) is 6.33 Å². The van der Waals surface area contributed by atoms with Gasteiger partial charge in [0, 0.05) is 6.20 Å². The average molecular weight is 219 g/mol. The molecule has 0 aliphatic carbocycles. The van der Waals surface area contributed by atoms with Crippen LogP contribution in [0.5, 0.6) is 0 Å². The summed E-state index contributed by atoms with van der Waals surface area (Å²) in [7, 11) is 0. The maximum Gasteiger partial charge on any atom is 0.339 e. The molecular weight excluding hydrogens is 210 g/mol. The first-order valence-electron chi connectivity index (χ1n) is 4.67. The highest BCUT2D eigenvalue weighted by atomic mass is 16.5. The molecular formula is C9H9N5O2. The molecule has 0 radical (unpaired) electrons. The average Bonchev–Trinajstić information content (AvgIpc) is 2.83. The number of aromatic nitrogens is 5. The van der Waals surface area contributed by atoms with Crippen molar-refractivity contribution in [2.75, 3.05) is 6.61 Å². The molecule has 2 rings (SSSR count). The predicted octanol–water partition coefficient (Wildman–Crippen LogP) is 0.234. The zero-order valence-corrected chi connectivity index (χ0v) is 8.57. The van der Waals surface area contributed by atoms with E-state index in [1.165, 1.54) is 17.2 Å². The number of nitrogens with zero attached hydrogens (tertiary/aromatic N) is 5. The number of hydrogen-bond acceptors (Lipinski definition) is 6. The molecule has 2 heterocycles. The minimum absolute atomic E-state index is 0.327. The first kappa shape index (κ1) is 10.2. The fraction of sp³-hybridized carbons (Fsp3) is 0.222. The van der Waals surface area contributed by atoms with Gasteiger partial charge < -0.3 is 4.74 Å². The zero-order chi connectivity index (χ0) is 11.4. The molecule has 0 aromatic carbocycles. The number of pyridine rings is 1. The number of rotatable bonds is 3. The number of hydrogen-bond donors (Lipinski definition) is 0. The molecule has 0 spiro atoms. The van der Waals surface area contributed by atoms with Crippen LogP contribution in [0, 0.1) is 0 Å². The van der Waals surface area contributed by atoms with E-state index in [0.717, 1.165) is 0 Å². The quantitative estimate of drug-likeness (QED) is 0.687. The molecule has 7 heteroatoms. The molecule has 82 valence electrons. The SMILES string of the molecule is CCOC(=O)c1cncc(-n2cnnn2)c1. The highest BCUT2D eigenvalue weighted by Crippen LogP contribution is 2.07. The van der Waals surface area contributed by atoms with Gasteiger partial charge in [-0.2, -0.15) is 4.68 Å². The summed E-state index contributed by atoms with van der Waals surface area (Å²) in [6, 6.07) is 1.61. The topological polar surface area (TPSA) is 82.8 Å². The van der Waals surface area contributed by atoms with Crippen LogP contribution in [0.15, 0.2) is 24.8 Å². The van der Waals surface area contributed by atoms with E-state index in [2.05, 4.69) is 20.5 Å². The minimum Gasteiger partial charge on any atom is -0.462 e. The number of ether oxygens (including phenoxy) is 1. The molecule has 2 aromatic heterocycles. The van der Waals surface area contributed by atoms with Crippen LogP contribution in [0.3, 0.4) is 0 Å². The smallest absolute Gasteiger partial charge is 0.339 e. The maximum atomic E-state index is 11.4. The maximum absolute atomic E-state index is 11.4. The summed E-state index contributed by atoms with van der Waals surface area (Å²) in [5.41, 5.74) is 0.977. The van der Waals surface area contributed by atoms with Crippen molar-refractivity contribution in [3.05, 3.63) is 30.4 Å². The second-order valence-corrected chi connectivity index (χ2v) is 2.91. The molecule has 0 fully saturated rings. The molecule has 0 atom stereocenters. The Hall–Kier alpha value is -2.31. The van der Waals surface area contributed by atoms with Gasteiger partial charge in [-0.3, -0.25) is 4.98 Å². The van der Waals surface area contributed by atoms with Crippen molar-refractivity contribution in [1.29, 1.82) is 0 Å². The van der Waals surface area contributed by atoms with E-state index in [1.54, 1.807) is 19.2 Å². The Morgan fingerprint density at radius 3 is 3.06 bits per heavy atom. The van der Waals surface area contributed by atoms with Crippen LogP contribution in [0.1, 0.15) is 17.3 Å². The second-order valence-electron chi connectivity index (χ2n) is 2.91. The van der Waals surface area contributed by atoms with Gasteiger partial charge in [0.2, 0.25) is 0 Å². The van der Waals surface area contributed by atoms with E-state index in [0.29, 0.717) is 17.9 Å². The van der Waals surface area contributed by atoms with Gasteiger partial charge in [-0.05, 0) is 23.4 Å². The van der Waals surface area contributed by atoms with Gasteiger partial charge in [-0.25, -0.2) is 4.79 Å². The Kier molecular flexibility index (Phi) is 2.86. The third-order valence-corrected chi connectivity index (χ3v) is 1.85. The summed E-state index contributed by atoms with van der Waals surface area (Å²) < 4.78 is 6.27. The largest absolute Gasteiger partial charge is 0.462 e. The van der Waals surface area contributed by atoms with Gasteiger partial charge in [0.05, 0.1) is 24.1 Å². The summed E-state index contributed by atoms with van der Waals surface area (Å²) in [6.07, 6.45) is 4.41. The number of carbonyl (C=O) groups is 1. The summed E-state index contributed by atoms with van der Waals surface area (Å²) in [5, 5.41) is 10.7. The number of carbonyl (C=O) groups excluding carboxylic acids is 1. The molecule has 0 unspecified atom stereocenters. The highest BCUT2D eigenvalue weighted by molar-refractivity contribution is 5.89. The molecule has 7 nitrogen and oxygen atoms in total. The van der Waals surface area contributed by atoms with Crippen molar-refractivity contribution in [3.63, 3.8) is 0 Å². The van der Waals surface area contributed by atoms with Crippen LogP contribution in [-0.4, -0.2) is 37.8 Å². The monoisotopic (exact) mass is 219 g/mol. The minimum atomic E-state index is -0.412. The van der Waals surface area contributed by atoms with Gasteiger partial charge in [-0.1, -0.05) is 0 Å². The van der Waals surface area contributed by atoms with Crippen LogP contribution in [0.4, 0.5) is 0 Å². The Morgan fingerprint density at radius 2 is 2.38 bits per heavy atom. The van der Waals surface area contributed by atoms with Gasteiger partial charge in [0.25, 0.3) is 0 Å². The predicted molar refractivity (Wildman–Crippen MR) is 52.9 cm³/mol. The number of esters is 1. The summed E-state index contributed by atoms with van der Waals surface area (Å²) >= 11 is 0. The Bertz CT molecular complexity index is 482. The molecule has 0 aliphatic rings. The highest BCUT2D eigenvalue weighted by Gasteiger charge is 2.08. The lowest BCUT2D eigenvalue weighted by Crippen LogP contribution is -2.06. The second kappa shape index (κ2) is 4.47. The molecule has 0 saturated heterocycles. The molecule has 0 saturated carbocycles. The number of tetrazole rings is 1. The molecule has 0 amide bonds. The molecule has 2 aromatic rings. The van der Waals surface area contributed by atoms with E-state index in [1.807, 2.05) is 0 Å². The van der Waals surface area contributed by atoms with E-state index < -0.39 is 5.97 Å². The normalized spacial score (nSPS) is 10.1. The Labute approximate surface area is 91.1 Å². The van der Waals surface area contributed by atoms with Crippen molar-refractivity contribution < 1.29 is 9.53 Å². The molecule has 16 heavy (non-hydrogen) atoms. The van der Waals surface area contributed by atoms with Crippen LogP contribution in [0.25, 0.3) is 5.69 Å². The van der Waals surface area contributed by atoms with Crippen LogP contribution in [-0.2, 0) is 4.74 Å². The van der Waals surface area contributed by atoms with Crippen molar-refractivity contribution in [2.24, 2.45) is 0 Å². The molecule has 0 N–H and O–H groups in total. The van der Waals surface area contributed by atoms with E-state index in [-0.39, 0.29) is 0 Å².